The molecule has 0 atom stereocenters. The zero-order chi connectivity index (χ0) is 10.7. The van der Waals surface area contributed by atoms with E-state index in [1.165, 1.54) is 11.1 Å². The molecule has 2 aromatic rings. The van der Waals surface area contributed by atoms with E-state index in [1.807, 2.05) is 30.3 Å². The van der Waals surface area contributed by atoms with Crippen molar-refractivity contribution in [3.63, 3.8) is 0 Å². The Kier molecular flexibility index (Phi) is 2.93. The zero-order valence-electron chi connectivity index (χ0n) is 8.35. The average Bonchev–Trinajstić information content (AvgIpc) is 2.30. The minimum absolute atomic E-state index is 0.801. The molecule has 15 heavy (non-hydrogen) atoms. The van der Waals surface area contributed by atoms with Gasteiger partial charge in [0, 0.05) is 4.91 Å². The normalized spacial score (nSPS) is 9.93. The summed E-state index contributed by atoms with van der Waals surface area (Å²) in [4.78, 5) is 0.801. The third-order valence-electron chi connectivity index (χ3n) is 2.33. The monoisotopic (exact) mass is 212 g/mol. The topological polar surface area (TPSA) is 0 Å². The fraction of sp³-hybridized carbons (Fsp3) is 0. The lowest BCUT2D eigenvalue weighted by Gasteiger charge is -2.03. The SMILES string of the molecule is C=C(S)c1ccc(-c2ccccc2)cc1. The molecule has 0 nitrogen and oxygen atoms in total. The van der Waals surface area contributed by atoms with Crippen LogP contribution in [-0.4, -0.2) is 0 Å². The molecule has 0 bridgehead atoms. The Hall–Kier alpha value is -1.47. The summed E-state index contributed by atoms with van der Waals surface area (Å²) in [5.41, 5.74) is 3.51. The predicted octanol–water partition coefficient (Wildman–Crippen LogP) is 4.25. The van der Waals surface area contributed by atoms with E-state index in [-0.39, 0.29) is 0 Å². The number of rotatable bonds is 2. The molecule has 2 aromatic carbocycles. The highest BCUT2D eigenvalue weighted by atomic mass is 32.1. The lowest BCUT2D eigenvalue weighted by molar-refractivity contribution is 1.60. The molecule has 0 heterocycles. The van der Waals surface area contributed by atoms with Crippen molar-refractivity contribution in [3.05, 3.63) is 66.7 Å². The number of thiol groups is 1. The first-order valence-electron chi connectivity index (χ1n) is 4.81. The van der Waals surface area contributed by atoms with Crippen molar-refractivity contribution in [1.82, 2.24) is 0 Å². The molecule has 1 heteroatoms. The van der Waals surface area contributed by atoms with E-state index >= 15 is 0 Å². The maximum atomic E-state index is 4.21. The smallest absolute Gasteiger partial charge is 0.00405 e. The van der Waals surface area contributed by atoms with Gasteiger partial charge >= 0.3 is 0 Å². The molecule has 0 N–H and O–H groups in total. The second-order valence-electron chi connectivity index (χ2n) is 3.39. The van der Waals surface area contributed by atoms with Crippen molar-refractivity contribution >= 4 is 17.5 Å². The van der Waals surface area contributed by atoms with E-state index in [0.717, 1.165) is 10.5 Å². The van der Waals surface area contributed by atoms with E-state index in [9.17, 15) is 0 Å². The van der Waals surface area contributed by atoms with Gasteiger partial charge in [0.2, 0.25) is 0 Å². The summed E-state index contributed by atoms with van der Waals surface area (Å²) in [6.07, 6.45) is 0. The quantitative estimate of drug-likeness (QED) is 0.707. The van der Waals surface area contributed by atoms with Gasteiger partial charge in [-0.1, -0.05) is 61.2 Å². The molecule has 2 rings (SSSR count). The first kappa shape index (κ1) is 10.1. The van der Waals surface area contributed by atoms with E-state index in [2.05, 4.69) is 43.5 Å². The Labute approximate surface area is 95.7 Å². The Morgan fingerprint density at radius 1 is 0.800 bits per heavy atom. The Morgan fingerprint density at radius 2 is 1.33 bits per heavy atom. The molecule has 0 amide bonds. The maximum absolute atomic E-state index is 4.21. The largest absolute Gasteiger partial charge is 0.143 e. The van der Waals surface area contributed by atoms with Gasteiger partial charge in [0.15, 0.2) is 0 Å². The molecule has 0 aromatic heterocycles. The highest BCUT2D eigenvalue weighted by molar-refractivity contribution is 7.90. The van der Waals surface area contributed by atoms with Crippen LogP contribution < -0.4 is 0 Å². The number of hydrogen-bond donors (Lipinski definition) is 1. The standard InChI is InChI=1S/C14H12S/c1-11(15)12-7-9-14(10-8-12)13-5-3-2-4-6-13/h2-10,15H,1H2. The predicted molar refractivity (Wildman–Crippen MR) is 69.9 cm³/mol. The van der Waals surface area contributed by atoms with Crippen molar-refractivity contribution in [2.75, 3.05) is 0 Å². The summed E-state index contributed by atoms with van der Waals surface area (Å²) in [6, 6.07) is 18.6. The van der Waals surface area contributed by atoms with E-state index in [0.29, 0.717) is 0 Å². The third kappa shape index (κ3) is 2.31. The van der Waals surface area contributed by atoms with Crippen LogP contribution >= 0.6 is 12.6 Å². The van der Waals surface area contributed by atoms with Gasteiger partial charge in [0.25, 0.3) is 0 Å². The molecular formula is C14H12S. The summed E-state index contributed by atoms with van der Waals surface area (Å²) in [7, 11) is 0. The summed E-state index contributed by atoms with van der Waals surface area (Å²) in [5.74, 6) is 0. The van der Waals surface area contributed by atoms with Crippen molar-refractivity contribution in [2.24, 2.45) is 0 Å². The van der Waals surface area contributed by atoms with Gasteiger partial charge in [-0.25, -0.2) is 0 Å². The van der Waals surface area contributed by atoms with Crippen LogP contribution in [0.3, 0.4) is 0 Å². The first-order chi connectivity index (χ1) is 7.27. The fourth-order valence-electron chi connectivity index (χ4n) is 1.49. The van der Waals surface area contributed by atoms with Crippen LogP contribution in [0.25, 0.3) is 16.0 Å². The summed E-state index contributed by atoms with van der Waals surface area (Å²) >= 11 is 4.21. The van der Waals surface area contributed by atoms with E-state index < -0.39 is 0 Å². The van der Waals surface area contributed by atoms with Crippen molar-refractivity contribution in [2.45, 2.75) is 0 Å². The van der Waals surface area contributed by atoms with Crippen molar-refractivity contribution in [3.8, 4) is 11.1 Å². The van der Waals surface area contributed by atoms with Gasteiger partial charge in [0.05, 0.1) is 0 Å². The molecule has 0 saturated heterocycles. The molecule has 0 unspecified atom stereocenters. The molecule has 0 spiro atoms. The van der Waals surface area contributed by atoms with Gasteiger partial charge in [-0.15, -0.1) is 12.6 Å². The lowest BCUT2D eigenvalue weighted by atomic mass is 10.0. The lowest BCUT2D eigenvalue weighted by Crippen LogP contribution is -1.79. The molecule has 0 aliphatic heterocycles. The van der Waals surface area contributed by atoms with Crippen LogP contribution in [0.2, 0.25) is 0 Å². The maximum Gasteiger partial charge on any atom is 0.00405 e. The molecule has 0 radical (unpaired) electrons. The molecule has 0 aliphatic carbocycles. The van der Waals surface area contributed by atoms with Gasteiger partial charge in [0.1, 0.15) is 0 Å². The fourth-order valence-corrected chi connectivity index (χ4v) is 1.63. The highest BCUT2D eigenvalue weighted by Gasteiger charge is 1.97. The molecule has 0 fully saturated rings. The van der Waals surface area contributed by atoms with Crippen molar-refractivity contribution < 1.29 is 0 Å². The zero-order valence-corrected chi connectivity index (χ0v) is 9.24. The van der Waals surface area contributed by atoms with Gasteiger partial charge in [-0.2, -0.15) is 0 Å². The van der Waals surface area contributed by atoms with Gasteiger partial charge < -0.3 is 0 Å². The second-order valence-corrected chi connectivity index (χ2v) is 3.93. The molecule has 0 aliphatic rings. The second kappa shape index (κ2) is 4.37. The van der Waals surface area contributed by atoms with Crippen molar-refractivity contribution in [1.29, 1.82) is 0 Å². The highest BCUT2D eigenvalue weighted by Crippen LogP contribution is 2.22. The Bertz CT molecular complexity index is 454. The van der Waals surface area contributed by atoms with E-state index in [4.69, 9.17) is 0 Å². The summed E-state index contributed by atoms with van der Waals surface area (Å²) in [5, 5.41) is 0. The van der Waals surface area contributed by atoms with Gasteiger partial charge in [-0.3, -0.25) is 0 Å². The molecular weight excluding hydrogens is 200 g/mol. The van der Waals surface area contributed by atoms with Crippen LogP contribution in [0.1, 0.15) is 5.56 Å². The van der Waals surface area contributed by atoms with Crippen LogP contribution in [0.4, 0.5) is 0 Å². The molecule has 74 valence electrons. The van der Waals surface area contributed by atoms with Crippen LogP contribution in [-0.2, 0) is 0 Å². The van der Waals surface area contributed by atoms with Gasteiger partial charge in [-0.05, 0) is 16.7 Å². The average molecular weight is 212 g/mol. The Morgan fingerprint density at radius 3 is 1.87 bits per heavy atom. The molecule has 0 saturated carbocycles. The Balaban J connectivity index is 2.36. The summed E-state index contributed by atoms with van der Waals surface area (Å²) < 4.78 is 0. The van der Waals surface area contributed by atoms with Crippen LogP contribution in [0.15, 0.2) is 61.2 Å². The minimum atomic E-state index is 0.801. The number of benzene rings is 2. The summed E-state index contributed by atoms with van der Waals surface area (Å²) in [6.45, 7) is 3.79. The van der Waals surface area contributed by atoms with Crippen LogP contribution in [0, 0.1) is 0 Å². The third-order valence-corrected chi connectivity index (χ3v) is 2.58. The first-order valence-corrected chi connectivity index (χ1v) is 5.26. The van der Waals surface area contributed by atoms with Crippen LogP contribution in [0.5, 0.6) is 0 Å². The number of hydrogen-bond acceptors (Lipinski definition) is 1. The minimum Gasteiger partial charge on any atom is -0.143 e. The van der Waals surface area contributed by atoms with E-state index in [1.54, 1.807) is 0 Å².